The first kappa shape index (κ1) is 24.6. The molecule has 0 N–H and O–H groups in total. The number of carbonyl (C=O) groups is 1. The molecule has 0 amide bonds. The lowest BCUT2D eigenvalue weighted by Gasteiger charge is -2.39. The van der Waals surface area contributed by atoms with Gasteiger partial charge in [0.15, 0.2) is 20.5 Å². The highest BCUT2D eigenvalue weighted by molar-refractivity contribution is 6.74. The van der Waals surface area contributed by atoms with E-state index in [2.05, 4.69) is 69.7 Å². The molecule has 3 rings (SSSR count). The number of benzene rings is 1. The Kier molecular flexibility index (Phi) is 7.88. The molecule has 5 heteroatoms. The maximum absolute atomic E-state index is 12.9. The molecule has 4 atom stereocenters. The number of rotatable bonds is 5. The highest BCUT2D eigenvalue weighted by Crippen LogP contribution is 2.41. The lowest BCUT2D eigenvalue weighted by molar-refractivity contribution is -0.171. The van der Waals surface area contributed by atoms with Gasteiger partial charge in [0.2, 0.25) is 0 Å². The van der Waals surface area contributed by atoms with Crippen molar-refractivity contribution in [1.82, 2.24) is 0 Å². The molecule has 1 aliphatic heterocycles. The molecule has 1 heterocycles. The summed E-state index contributed by atoms with van der Waals surface area (Å²) in [7, 11) is -0.371. The first-order valence-corrected chi connectivity index (χ1v) is 14.5. The van der Waals surface area contributed by atoms with Crippen LogP contribution in [0.2, 0.25) is 18.1 Å². The van der Waals surface area contributed by atoms with Gasteiger partial charge in [-0.2, -0.15) is 0 Å². The van der Waals surface area contributed by atoms with Crippen molar-refractivity contribution in [2.24, 2.45) is 5.92 Å². The molecule has 1 saturated heterocycles. The minimum Gasteiger partial charge on any atom is -0.446 e. The van der Waals surface area contributed by atoms with Crippen LogP contribution in [-0.2, 0) is 25.3 Å². The molecule has 0 bridgehead atoms. The number of ether oxygens (including phenoxy) is 2. The third-order valence-electron chi connectivity index (χ3n) is 6.94. The lowest BCUT2D eigenvalue weighted by atomic mass is 9.75. The van der Waals surface area contributed by atoms with Gasteiger partial charge in [-0.3, -0.25) is 0 Å². The van der Waals surface area contributed by atoms with Crippen LogP contribution in [0.15, 0.2) is 24.3 Å². The van der Waals surface area contributed by atoms with E-state index < -0.39 is 20.5 Å². The van der Waals surface area contributed by atoms with Crippen molar-refractivity contribution < 1.29 is 18.7 Å². The van der Waals surface area contributed by atoms with Crippen LogP contribution in [0.3, 0.4) is 0 Å². The molecule has 1 aliphatic carbocycles. The Morgan fingerprint density at radius 1 is 1.09 bits per heavy atom. The van der Waals surface area contributed by atoms with Crippen LogP contribution >= 0.6 is 0 Å². The van der Waals surface area contributed by atoms with Gasteiger partial charge < -0.3 is 13.9 Å². The van der Waals surface area contributed by atoms with Crippen LogP contribution in [0.25, 0.3) is 0 Å². The number of fused-ring (bicyclic) bond motifs is 1. The van der Waals surface area contributed by atoms with E-state index in [9.17, 15) is 4.79 Å². The third-order valence-corrected chi connectivity index (χ3v) is 11.4. The lowest BCUT2D eigenvalue weighted by Crippen LogP contribution is -2.47. The molecule has 32 heavy (non-hydrogen) atoms. The second-order valence-electron chi connectivity index (χ2n) is 10.2. The molecule has 4 nitrogen and oxygen atoms in total. The smallest absolute Gasteiger partial charge is 0.337 e. The summed E-state index contributed by atoms with van der Waals surface area (Å²) in [6, 6.07) is 8.19. The molecule has 0 spiro atoms. The van der Waals surface area contributed by atoms with E-state index >= 15 is 0 Å². The maximum Gasteiger partial charge on any atom is 0.337 e. The van der Waals surface area contributed by atoms with Crippen LogP contribution in [0.4, 0.5) is 0 Å². The summed E-state index contributed by atoms with van der Waals surface area (Å²) < 4.78 is 17.9. The van der Waals surface area contributed by atoms with E-state index in [0.29, 0.717) is 6.61 Å². The molecular formula is C27H36O4Si. The third kappa shape index (κ3) is 5.46. The molecule has 4 unspecified atom stereocenters. The number of methoxy groups -OCH3 is 1. The van der Waals surface area contributed by atoms with Gasteiger partial charge in [0, 0.05) is 25.9 Å². The zero-order valence-corrected chi connectivity index (χ0v) is 21.3. The summed E-state index contributed by atoms with van der Waals surface area (Å²) in [5, 5.41) is 0.119. The van der Waals surface area contributed by atoms with Crippen molar-refractivity contribution >= 4 is 14.3 Å². The van der Waals surface area contributed by atoms with E-state index in [-0.39, 0.29) is 22.8 Å². The fourth-order valence-electron chi connectivity index (χ4n) is 3.93. The monoisotopic (exact) mass is 452 g/mol. The van der Waals surface area contributed by atoms with Gasteiger partial charge in [0.25, 0.3) is 0 Å². The predicted molar refractivity (Wildman–Crippen MR) is 129 cm³/mol. The van der Waals surface area contributed by atoms with Crippen LogP contribution in [0, 0.1) is 29.6 Å². The summed E-state index contributed by atoms with van der Waals surface area (Å²) in [6.45, 7) is 11.7. The largest absolute Gasteiger partial charge is 0.446 e. The van der Waals surface area contributed by atoms with Gasteiger partial charge in [-0.15, -0.1) is 5.92 Å². The van der Waals surface area contributed by atoms with Crippen LogP contribution < -0.4 is 0 Å². The van der Waals surface area contributed by atoms with E-state index in [1.807, 2.05) is 12.1 Å². The van der Waals surface area contributed by atoms with E-state index in [0.717, 1.165) is 36.8 Å². The number of esters is 1. The van der Waals surface area contributed by atoms with Gasteiger partial charge >= 0.3 is 5.97 Å². The Hall–Kier alpha value is -2.05. The normalized spacial score (nSPS) is 26.0. The van der Waals surface area contributed by atoms with E-state index in [1.165, 1.54) is 0 Å². The first-order valence-electron chi connectivity index (χ1n) is 11.6. The summed E-state index contributed by atoms with van der Waals surface area (Å²) in [5.41, 5.74) is 2.11. The van der Waals surface area contributed by atoms with Crippen LogP contribution in [0.1, 0.15) is 63.5 Å². The zero-order valence-electron chi connectivity index (χ0n) is 20.3. The van der Waals surface area contributed by atoms with Crippen molar-refractivity contribution in [2.45, 2.75) is 89.3 Å². The molecule has 0 radical (unpaired) electrons. The standard InChI is InChI=1S/C27H36O4Si/c1-27(2,3)32(5,6)30-19-20-15-13-14-16-21(20)24-22-17-11-9-7-8-10-12-18-23(22)31-26(28)25(24)29-4/h13-16,22-25H,7-10,19H2,1-6H3. The molecule has 172 valence electrons. The van der Waals surface area contributed by atoms with Gasteiger partial charge in [0.1, 0.15) is 0 Å². The van der Waals surface area contributed by atoms with E-state index in [4.69, 9.17) is 13.9 Å². The minimum atomic E-state index is -1.93. The van der Waals surface area contributed by atoms with Crippen molar-refractivity contribution in [1.29, 1.82) is 0 Å². The van der Waals surface area contributed by atoms with Crippen molar-refractivity contribution in [3.05, 3.63) is 35.4 Å². The zero-order chi connectivity index (χ0) is 23.4. The molecule has 2 aliphatic rings. The summed E-state index contributed by atoms with van der Waals surface area (Å²) in [4.78, 5) is 12.9. The molecule has 1 aromatic carbocycles. The Morgan fingerprint density at radius 3 is 2.41 bits per heavy atom. The van der Waals surface area contributed by atoms with Gasteiger partial charge in [0.05, 0.1) is 12.5 Å². The highest BCUT2D eigenvalue weighted by atomic mass is 28.4. The summed E-state index contributed by atoms with van der Waals surface area (Å²) >= 11 is 0. The number of hydrogen-bond acceptors (Lipinski definition) is 4. The first-order chi connectivity index (χ1) is 15.2. The number of carbonyl (C=O) groups excluding carboxylic acids is 1. The van der Waals surface area contributed by atoms with Crippen molar-refractivity contribution in [3.63, 3.8) is 0 Å². The number of hydrogen-bond donors (Lipinski definition) is 0. The Morgan fingerprint density at radius 2 is 1.75 bits per heavy atom. The SMILES string of the molecule is COC1C(=O)OC2C#CCCCCC#CC2C1c1ccccc1CO[Si](C)(C)C(C)(C)C. The Labute approximate surface area is 194 Å². The quantitative estimate of drug-likeness (QED) is 0.339. The Bertz CT molecular complexity index is 938. The average Bonchev–Trinajstić information content (AvgIpc) is 2.74. The Balaban J connectivity index is 2.01. The summed E-state index contributed by atoms with van der Waals surface area (Å²) in [5.74, 6) is 12.2. The van der Waals surface area contributed by atoms with Crippen LogP contribution in [-0.4, -0.2) is 33.6 Å². The molecule has 0 aromatic heterocycles. The van der Waals surface area contributed by atoms with Gasteiger partial charge in [-0.05, 0) is 42.1 Å². The predicted octanol–water partition coefficient (Wildman–Crippen LogP) is 5.43. The summed E-state index contributed by atoms with van der Waals surface area (Å²) in [6.07, 6.45) is 2.43. The second-order valence-corrected chi connectivity index (χ2v) is 15.0. The van der Waals surface area contributed by atoms with Crippen molar-refractivity contribution in [2.75, 3.05) is 7.11 Å². The van der Waals surface area contributed by atoms with Crippen LogP contribution in [0.5, 0.6) is 0 Å². The van der Waals surface area contributed by atoms with E-state index in [1.54, 1.807) is 7.11 Å². The molecule has 0 saturated carbocycles. The maximum atomic E-state index is 12.9. The van der Waals surface area contributed by atoms with Gasteiger partial charge in [-0.1, -0.05) is 62.8 Å². The fraction of sp³-hybridized carbons (Fsp3) is 0.593. The molecular weight excluding hydrogens is 416 g/mol. The van der Waals surface area contributed by atoms with Gasteiger partial charge in [-0.25, -0.2) is 4.79 Å². The molecule has 1 aromatic rings. The fourth-order valence-corrected chi connectivity index (χ4v) is 4.88. The highest BCUT2D eigenvalue weighted by Gasteiger charge is 2.47. The second kappa shape index (κ2) is 10.3. The van der Waals surface area contributed by atoms with Crippen molar-refractivity contribution in [3.8, 4) is 23.7 Å². The minimum absolute atomic E-state index is 0.119. The average molecular weight is 453 g/mol. The molecule has 1 fully saturated rings. The topological polar surface area (TPSA) is 44.8 Å².